The van der Waals surface area contributed by atoms with Gasteiger partial charge in [0.15, 0.2) is 0 Å². The molecule has 0 spiro atoms. The minimum atomic E-state index is 0.553. The molecule has 0 radical (unpaired) electrons. The quantitative estimate of drug-likeness (QED) is 0.782. The van der Waals surface area contributed by atoms with E-state index >= 15 is 0 Å². The molecule has 1 aromatic heterocycles. The van der Waals surface area contributed by atoms with Gasteiger partial charge in [-0.1, -0.05) is 13.8 Å². The Morgan fingerprint density at radius 2 is 2.16 bits per heavy atom. The lowest BCUT2D eigenvalue weighted by Gasteiger charge is -2.24. The highest BCUT2D eigenvalue weighted by atomic mass is 15.1. The van der Waals surface area contributed by atoms with Gasteiger partial charge in [-0.3, -0.25) is 0 Å². The molecule has 4 nitrogen and oxygen atoms in total. The van der Waals surface area contributed by atoms with E-state index in [0.29, 0.717) is 6.04 Å². The molecule has 0 saturated heterocycles. The summed E-state index contributed by atoms with van der Waals surface area (Å²) in [7, 11) is 4.28. The smallest absolute Gasteiger partial charge is 0.0951 e. The molecule has 1 aromatic rings. The Hall–Kier alpha value is -0.870. The van der Waals surface area contributed by atoms with E-state index in [-0.39, 0.29) is 0 Å². The van der Waals surface area contributed by atoms with Crippen LogP contribution >= 0.6 is 0 Å². The third-order valence-electron chi connectivity index (χ3n) is 3.60. The minimum Gasteiger partial charge on any atom is -0.330 e. The van der Waals surface area contributed by atoms with Gasteiger partial charge in [0, 0.05) is 31.4 Å². The first-order valence-electron chi connectivity index (χ1n) is 7.45. The van der Waals surface area contributed by atoms with Gasteiger partial charge in [0.25, 0.3) is 0 Å². The molecule has 1 N–H and O–H groups in total. The van der Waals surface area contributed by atoms with Crippen molar-refractivity contribution in [2.75, 3.05) is 20.6 Å². The van der Waals surface area contributed by atoms with E-state index in [4.69, 9.17) is 0 Å². The molecule has 19 heavy (non-hydrogen) atoms. The van der Waals surface area contributed by atoms with Gasteiger partial charge in [-0.25, -0.2) is 4.98 Å². The SMILES string of the molecule is CC(C)CC(CN(C)C)NCc1cncn1C1CC1. The third-order valence-corrected chi connectivity index (χ3v) is 3.60. The molecule has 2 rings (SSSR count). The first-order chi connectivity index (χ1) is 9.06. The second-order valence-electron chi connectivity index (χ2n) is 6.49. The molecular formula is C15H28N4. The monoisotopic (exact) mass is 264 g/mol. The predicted molar refractivity (Wildman–Crippen MR) is 79.1 cm³/mol. The number of hydrogen-bond donors (Lipinski definition) is 1. The van der Waals surface area contributed by atoms with Crippen LogP contribution in [0.3, 0.4) is 0 Å². The van der Waals surface area contributed by atoms with Crippen LogP contribution in [0.2, 0.25) is 0 Å². The predicted octanol–water partition coefficient (Wildman–Crippen LogP) is 2.28. The van der Waals surface area contributed by atoms with Gasteiger partial charge in [-0.15, -0.1) is 0 Å². The molecule has 0 amide bonds. The molecule has 0 aromatic carbocycles. The van der Waals surface area contributed by atoms with Crippen molar-refractivity contribution >= 4 is 0 Å². The van der Waals surface area contributed by atoms with Gasteiger partial charge in [0.05, 0.1) is 12.0 Å². The van der Waals surface area contributed by atoms with Crippen LogP contribution in [0, 0.1) is 5.92 Å². The van der Waals surface area contributed by atoms with Gasteiger partial charge < -0.3 is 14.8 Å². The molecule has 1 aliphatic carbocycles. The largest absolute Gasteiger partial charge is 0.330 e. The Labute approximate surface area is 117 Å². The second kappa shape index (κ2) is 6.53. The van der Waals surface area contributed by atoms with Crippen LogP contribution in [-0.4, -0.2) is 41.1 Å². The fraction of sp³-hybridized carbons (Fsp3) is 0.800. The highest BCUT2D eigenvalue weighted by Crippen LogP contribution is 2.35. The van der Waals surface area contributed by atoms with Crippen molar-refractivity contribution in [3.8, 4) is 0 Å². The maximum absolute atomic E-state index is 4.30. The topological polar surface area (TPSA) is 33.1 Å². The van der Waals surface area contributed by atoms with Crippen molar-refractivity contribution in [2.45, 2.75) is 51.7 Å². The van der Waals surface area contributed by atoms with E-state index in [1.165, 1.54) is 25.0 Å². The molecule has 1 atom stereocenters. The van der Waals surface area contributed by atoms with E-state index in [9.17, 15) is 0 Å². The standard InChI is InChI=1S/C15H28N4/c1-12(2)7-13(10-18(3)4)17-9-15-8-16-11-19(15)14-5-6-14/h8,11-14,17H,5-7,9-10H2,1-4H3. The van der Waals surface area contributed by atoms with Gasteiger partial charge in [0.1, 0.15) is 0 Å². The highest BCUT2D eigenvalue weighted by molar-refractivity contribution is 5.03. The van der Waals surface area contributed by atoms with Crippen molar-refractivity contribution in [1.82, 2.24) is 19.8 Å². The van der Waals surface area contributed by atoms with E-state index < -0.39 is 0 Å². The fourth-order valence-electron chi connectivity index (χ4n) is 2.63. The average Bonchev–Trinajstić information content (AvgIpc) is 3.04. The van der Waals surface area contributed by atoms with E-state index in [1.807, 2.05) is 12.5 Å². The van der Waals surface area contributed by atoms with E-state index in [1.54, 1.807) is 0 Å². The van der Waals surface area contributed by atoms with Gasteiger partial charge >= 0.3 is 0 Å². The molecule has 4 heteroatoms. The number of nitrogens with zero attached hydrogens (tertiary/aromatic N) is 3. The number of likely N-dealkylation sites (N-methyl/N-ethyl adjacent to an activating group) is 1. The zero-order valence-electron chi connectivity index (χ0n) is 12.8. The van der Waals surface area contributed by atoms with Gasteiger partial charge in [-0.05, 0) is 39.3 Å². The molecule has 0 aliphatic heterocycles. The minimum absolute atomic E-state index is 0.553. The maximum Gasteiger partial charge on any atom is 0.0951 e. The molecule has 108 valence electrons. The van der Waals surface area contributed by atoms with Crippen molar-refractivity contribution < 1.29 is 0 Å². The summed E-state index contributed by atoms with van der Waals surface area (Å²) in [5.41, 5.74) is 1.33. The normalized spacial score (nSPS) is 17.4. The number of aromatic nitrogens is 2. The maximum atomic E-state index is 4.30. The Balaban J connectivity index is 1.87. The lowest BCUT2D eigenvalue weighted by atomic mass is 10.0. The molecule has 1 saturated carbocycles. The Morgan fingerprint density at radius 3 is 2.74 bits per heavy atom. The average molecular weight is 264 g/mol. The summed E-state index contributed by atoms with van der Waals surface area (Å²) in [6.07, 6.45) is 7.84. The number of rotatable bonds is 8. The molecule has 1 fully saturated rings. The summed E-state index contributed by atoms with van der Waals surface area (Å²) in [5.74, 6) is 0.728. The number of nitrogens with one attached hydrogen (secondary N) is 1. The summed E-state index contributed by atoms with van der Waals surface area (Å²) in [6, 6.07) is 1.27. The van der Waals surface area contributed by atoms with Crippen LogP contribution in [0.15, 0.2) is 12.5 Å². The third kappa shape index (κ3) is 4.62. The molecule has 1 unspecified atom stereocenters. The highest BCUT2D eigenvalue weighted by Gasteiger charge is 2.25. The van der Waals surface area contributed by atoms with Crippen molar-refractivity contribution in [3.63, 3.8) is 0 Å². The zero-order valence-corrected chi connectivity index (χ0v) is 12.8. The summed E-state index contributed by atoms with van der Waals surface area (Å²) in [5, 5.41) is 3.71. The van der Waals surface area contributed by atoms with Gasteiger partial charge in [0.2, 0.25) is 0 Å². The summed E-state index contributed by atoms with van der Waals surface area (Å²) >= 11 is 0. The van der Waals surface area contributed by atoms with Gasteiger partial charge in [-0.2, -0.15) is 0 Å². The van der Waals surface area contributed by atoms with Crippen molar-refractivity contribution in [3.05, 3.63) is 18.2 Å². The first kappa shape index (κ1) is 14.5. The number of imidazole rings is 1. The summed E-state index contributed by atoms with van der Waals surface area (Å²) < 4.78 is 2.34. The Bertz CT molecular complexity index is 369. The molecule has 1 heterocycles. The van der Waals surface area contributed by atoms with Crippen molar-refractivity contribution in [1.29, 1.82) is 0 Å². The van der Waals surface area contributed by atoms with Crippen LogP contribution < -0.4 is 5.32 Å². The van der Waals surface area contributed by atoms with Crippen LogP contribution in [-0.2, 0) is 6.54 Å². The molecule has 0 bridgehead atoms. The van der Waals surface area contributed by atoms with E-state index in [2.05, 4.69) is 47.7 Å². The van der Waals surface area contributed by atoms with Crippen LogP contribution in [0.1, 0.15) is 44.8 Å². The lowest BCUT2D eigenvalue weighted by molar-refractivity contribution is 0.303. The summed E-state index contributed by atoms with van der Waals surface area (Å²) in [6.45, 7) is 6.61. The van der Waals surface area contributed by atoms with E-state index in [0.717, 1.165) is 25.0 Å². The lowest BCUT2D eigenvalue weighted by Crippen LogP contribution is -2.39. The summed E-state index contributed by atoms with van der Waals surface area (Å²) in [4.78, 5) is 6.56. The molecular weight excluding hydrogens is 236 g/mol. The van der Waals surface area contributed by atoms with Crippen LogP contribution in [0.25, 0.3) is 0 Å². The number of hydrogen-bond acceptors (Lipinski definition) is 3. The zero-order chi connectivity index (χ0) is 13.8. The Morgan fingerprint density at radius 1 is 1.42 bits per heavy atom. The van der Waals surface area contributed by atoms with Crippen LogP contribution in [0.5, 0.6) is 0 Å². The van der Waals surface area contributed by atoms with Crippen molar-refractivity contribution in [2.24, 2.45) is 5.92 Å². The molecule has 1 aliphatic rings. The fourth-order valence-corrected chi connectivity index (χ4v) is 2.63. The first-order valence-corrected chi connectivity index (χ1v) is 7.45. The second-order valence-corrected chi connectivity index (χ2v) is 6.49. The Kier molecular flexibility index (Phi) is 4.99. The van der Waals surface area contributed by atoms with Crippen LogP contribution in [0.4, 0.5) is 0 Å².